The van der Waals surface area contributed by atoms with Gasteiger partial charge in [-0.15, -0.1) is 4.73 Å². The van der Waals surface area contributed by atoms with Crippen LogP contribution < -0.4 is 21.0 Å². The number of benzene rings is 3. The average Bonchev–Trinajstić information content (AvgIpc) is 3.07. The van der Waals surface area contributed by atoms with Gasteiger partial charge in [0.2, 0.25) is 0 Å². The molecule has 1 aliphatic heterocycles. The Morgan fingerprint density at radius 3 is 2.19 bits per heavy atom. The number of pyridine rings is 1. The number of aromatic nitrogens is 1. The molecule has 4 aromatic rings. The van der Waals surface area contributed by atoms with E-state index in [0.717, 1.165) is 35.2 Å². The number of piperidine rings is 1. The largest absolute Gasteiger partial charge is 0.409 e. The maximum Gasteiger partial charge on any atom is 0.283 e. The number of fused-ring (bicyclic) bond motifs is 1. The summed E-state index contributed by atoms with van der Waals surface area (Å²) in [7, 11) is -2.26. The van der Waals surface area contributed by atoms with Gasteiger partial charge in [-0.25, -0.2) is 0 Å². The molecule has 3 aromatic carbocycles. The van der Waals surface area contributed by atoms with Gasteiger partial charge in [0.15, 0.2) is 8.32 Å². The van der Waals surface area contributed by atoms with E-state index in [-0.39, 0.29) is 29.4 Å². The Morgan fingerprint density at radius 1 is 0.896 bits per heavy atom. The van der Waals surface area contributed by atoms with Gasteiger partial charge in [-0.05, 0) is 79.3 Å². The van der Waals surface area contributed by atoms with Gasteiger partial charge in [0, 0.05) is 30.6 Å². The summed E-state index contributed by atoms with van der Waals surface area (Å²) in [6.07, 6.45) is 1.67. The van der Waals surface area contributed by atoms with Crippen molar-refractivity contribution in [3.8, 4) is 0 Å². The van der Waals surface area contributed by atoms with E-state index in [2.05, 4.69) is 62.7 Å². The first-order chi connectivity index (χ1) is 23.0. The zero-order chi connectivity index (χ0) is 34.2. The molecular formula is C39H53N3O5Si. The summed E-state index contributed by atoms with van der Waals surface area (Å²) in [4.78, 5) is 19.2. The summed E-state index contributed by atoms with van der Waals surface area (Å²) in [5, 5.41) is 20.0. The molecule has 258 valence electrons. The first-order valence-corrected chi connectivity index (χ1v) is 20.2. The predicted octanol–water partition coefficient (Wildman–Crippen LogP) is 6.37. The van der Waals surface area contributed by atoms with E-state index in [1.807, 2.05) is 66.7 Å². The number of nitrogens with one attached hydrogen (secondary N) is 2. The van der Waals surface area contributed by atoms with Crippen LogP contribution in [0.2, 0.25) is 18.1 Å². The number of hydrogen-bond acceptors (Lipinski definition) is 7. The molecule has 0 amide bonds. The molecule has 1 saturated heterocycles. The second-order valence-electron chi connectivity index (χ2n) is 14.5. The normalized spacial score (nSPS) is 16.5. The van der Waals surface area contributed by atoms with Crippen molar-refractivity contribution in [1.82, 2.24) is 15.4 Å². The van der Waals surface area contributed by atoms with Crippen LogP contribution >= 0.6 is 0 Å². The van der Waals surface area contributed by atoms with Gasteiger partial charge in [0.05, 0.1) is 23.8 Å². The summed E-state index contributed by atoms with van der Waals surface area (Å²) in [6, 6.07) is 29.3. The summed E-state index contributed by atoms with van der Waals surface area (Å²) >= 11 is 0. The highest BCUT2D eigenvalue weighted by Crippen LogP contribution is 2.41. The summed E-state index contributed by atoms with van der Waals surface area (Å²) < 4.78 is 14.7. The predicted molar refractivity (Wildman–Crippen MR) is 196 cm³/mol. The SMILES string of the molecule is CC(C)(C)[Si](C)(C)OC(CNC(CCOCc1ccccc1)C1(O)CCNCC1)c1cccc2c1ccc(=O)n2OCc1ccccc1. The molecule has 0 saturated carbocycles. The second-order valence-corrected chi connectivity index (χ2v) is 19.3. The maximum absolute atomic E-state index is 13.1. The van der Waals surface area contributed by atoms with Crippen LogP contribution in [0.3, 0.4) is 0 Å². The molecule has 3 N–H and O–H groups in total. The van der Waals surface area contributed by atoms with Crippen molar-refractivity contribution < 1.29 is 19.1 Å². The zero-order valence-corrected chi connectivity index (χ0v) is 30.2. The van der Waals surface area contributed by atoms with Crippen molar-refractivity contribution >= 4 is 19.2 Å². The van der Waals surface area contributed by atoms with Crippen LogP contribution in [-0.2, 0) is 22.4 Å². The second kappa shape index (κ2) is 15.9. The Bertz CT molecular complexity index is 1650. The van der Waals surface area contributed by atoms with Gasteiger partial charge < -0.3 is 29.7 Å². The Kier molecular flexibility index (Phi) is 11.9. The van der Waals surface area contributed by atoms with E-state index < -0.39 is 13.9 Å². The van der Waals surface area contributed by atoms with E-state index in [1.54, 1.807) is 6.07 Å². The van der Waals surface area contributed by atoms with Crippen molar-refractivity contribution in [3.63, 3.8) is 0 Å². The topological polar surface area (TPSA) is 94.0 Å². The molecule has 2 heterocycles. The Hall–Kier alpha value is -3.31. The molecule has 1 aromatic heterocycles. The van der Waals surface area contributed by atoms with Crippen LogP contribution in [0.25, 0.3) is 10.9 Å². The van der Waals surface area contributed by atoms with Crippen molar-refractivity contribution in [2.45, 2.75) is 89.1 Å². The molecule has 5 rings (SSSR count). The molecule has 0 aliphatic carbocycles. The minimum absolute atomic E-state index is 0.0192. The fourth-order valence-corrected chi connectivity index (χ4v) is 7.40. The molecule has 1 aliphatic rings. The lowest BCUT2D eigenvalue weighted by Crippen LogP contribution is -2.57. The fraction of sp³-hybridized carbons (Fsp3) is 0.462. The quantitative estimate of drug-likeness (QED) is 0.0999. The molecule has 1 fully saturated rings. The molecule has 0 radical (unpaired) electrons. The third-order valence-electron chi connectivity index (χ3n) is 10.1. The minimum atomic E-state index is -2.26. The van der Waals surface area contributed by atoms with E-state index in [9.17, 15) is 9.90 Å². The van der Waals surface area contributed by atoms with Gasteiger partial charge in [-0.3, -0.25) is 4.79 Å². The number of nitrogens with zero attached hydrogens (tertiary/aromatic N) is 1. The zero-order valence-electron chi connectivity index (χ0n) is 29.2. The highest BCUT2D eigenvalue weighted by molar-refractivity contribution is 6.74. The van der Waals surface area contributed by atoms with E-state index in [4.69, 9.17) is 14.0 Å². The van der Waals surface area contributed by atoms with E-state index in [1.165, 1.54) is 4.73 Å². The highest BCUT2D eigenvalue weighted by Gasteiger charge is 2.41. The summed E-state index contributed by atoms with van der Waals surface area (Å²) in [5.41, 5.74) is 2.70. The standard InChI is InChI=1S/C39H53N3O5Si/c1-38(2,3)48(4,5)47-35(27-41-36(39(44)22-24-40-25-23-39)21-26-45-28-30-13-8-6-9-14-30)33-17-12-18-34-32(33)19-20-37(43)42(34)46-29-31-15-10-7-11-16-31/h6-20,35-36,40-41,44H,21-29H2,1-5H3. The minimum Gasteiger partial charge on any atom is -0.409 e. The lowest BCUT2D eigenvalue weighted by atomic mass is 9.83. The lowest BCUT2D eigenvalue weighted by molar-refractivity contribution is -0.0380. The molecule has 0 bridgehead atoms. The Morgan fingerprint density at radius 2 is 1.54 bits per heavy atom. The van der Waals surface area contributed by atoms with Crippen LogP contribution in [0, 0.1) is 0 Å². The molecule has 8 nitrogen and oxygen atoms in total. The molecule has 2 unspecified atom stereocenters. The fourth-order valence-electron chi connectivity index (χ4n) is 6.13. The van der Waals surface area contributed by atoms with Crippen molar-refractivity contribution in [1.29, 1.82) is 0 Å². The van der Waals surface area contributed by atoms with E-state index >= 15 is 0 Å². The van der Waals surface area contributed by atoms with E-state index in [0.29, 0.717) is 44.5 Å². The lowest BCUT2D eigenvalue weighted by Gasteiger charge is -2.42. The maximum atomic E-state index is 13.1. The van der Waals surface area contributed by atoms with Crippen molar-refractivity contribution in [2.24, 2.45) is 0 Å². The highest BCUT2D eigenvalue weighted by atomic mass is 28.4. The molecule has 0 spiro atoms. The number of hydrogen-bond donors (Lipinski definition) is 3. The van der Waals surface area contributed by atoms with Crippen LogP contribution in [0.15, 0.2) is 95.8 Å². The number of aliphatic hydroxyl groups is 1. The molecular weight excluding hydrogens is 619 g/mol. The van der Waals surface area contributed by atoms with Gasteiger partial charge in [-0.2, -0.15) is 0 Å². The molecule has 9 heteroatoms. The summed E-state index contributed by atoms with van der Waals surface area (Å²) in [6.45, 7) is 14.6. The first kappa shape index (κ1) is 36.0. The van der Waals surface area contributed by atoms with Crippen LogP contribution in [0.4, 0.5) is 0 Å². The first-order valence-electron chi connectivity index (χ1n) is 17.2. The Balaban J connectivity index is 1.43. The average molecular weight is 672 g/mol. The van der Waals surface area contributed by atoms with Gasteiger partial charge in [-0.1, -0.05) is 93.6 Å². The smallest absolute Gasteiger partial charge is 0.283 e. The third kappa shape index (κ3) is 9.02. The number of ether oxygens (including phenoxy) is 1. The van der Waals surface area contributed by atoms with Crippen molar-refractivity contribution in [3.05, 3.63) is 118 Å². The Labute approximate surface area is 286 Å². The van der Waals surface area contributed by atoms with Gasteiger partial charge in [0.1, 0.15) is 6.61 Å². The molecule has 48 heavy (non-hydrogen) atoms. The monoisotopic (exact) mass is 671 g/mol. The number of rotatable bonds is 15. The van der Waals surface area contributed by atoms with Gasteiger partial charge in [0.25, 0.3) is 5.56 Å². The third-order valence-corrected chi connectivity index (χ3v) is 14.5. The molecule has 2 atom stereocenters. The summed E-state index contributed by atoms with van der Waals surface area (Å²) in [5.74, 6) is 0. The van der Waals surface area contributed by atoms with Gasteiger partial charge >= 0.3 is 0 Å². The van der Waals surface area contributed by atoms with Crippen LogP contribution in [0.1, 0.15) is 62.8 Å². The van der Waals surface area contributed by atoms with Crippen LogP contribution in [-0.4, -0.2) is 56.0 Å². The van der Waals surface area contributed by atoms with Crippen LogP contribution in [0.5, 0.6) is 0 Å². The van der Waals surface area contributed by atoms with Crippen molar-refractivity contribution in [2.75, 3.05) is 26.2 Å².